The first-order valence-corrected chi connectivity index (χ1v) is 7.03. The summed E-state index contributed by atoms with van der Waals surface area (Å²) in [6, 6.07) is 0.225. The van der Waals surface area contributed by atoms with Crippen LogP contribution >= 0.6 is 0 Å². The van der Waals surface area contributed by atoms with E-state index in [-0.39, 0.29) is 11.5 Å². The molecule has 1 aromatic heterocycles. The maximum absolute atomic E-state index is 12.2. The van der Waals surface area contributed by atoms with Crippen LogP contribution in [-0.2, 0) is 11.2 Å². The third-order valence-electron chi connectivity index (χ3n) is 4.24. The Kier molecular flexibility index (Phi) is 4.16. The van der Waals surface area contributed by atoms with Crippen LogP contribution in [0.3, 0.4) is 0 Å². The number of likely N-dealkylation sites (N-methyl/N-ethyl adjacent to an activating group) is 1. The van der Waals surface area contributed by atoms with Crippen molar-refractivity contribution in [2.24, 2.45) is 0 Å². The van der Waals surface area contributed by atoms with E-state index in [1.54, 1.807) is 4.90 Å². The monoisotopic (exact) mass is 278 g/mol. The smallest absolute Gasteiger partial charge is 0.226 e. The molecule has 1 unspecified atom stereocenters. The Labute approximate surface area is 119 Å². The number of rotatable bonds is 5. The second-order valence-electron chi connectivity index (χ2n) is 5.27. The molecule has 0 saturated heterocycles. The molecule has 2 heterocycles. The first-order chi connectivity index (χ1) is 9.54. The van der Waals surface area contributed by atoms with Crippen molar-refractivity contribution in [3.63, 3.8) is 0 Å². The molecule has 0 spiro atoms. The summed E-state index contributed by atoms with van der Waals surface area (Å²) >= 11 is 0. The fourth-order valence-electron chi connectivity index (χ4n) is 3.12. The molecule has 0 radical (unpaired) electrons. The van der Waals surface area contributed by atoms with Crippen LogP contribution in [0.5, 0.6) is 5.75 Å². The van der Waals surface area contributed by atoms with Gasteiger partial charge in [-0.2, -0.15) is 0 Å². The van der Waals surface area contributed by atoms with Crippen LogP contribution in [0, 0.1) is 13.8 Å². The van der Waals surface area contributed by atoms with Gasteiger partial charge in [-0.25, -0.2) is 0 Å². The van der Waals surface area contributed by atoms with E-state index in [0.29, 0.717) is 18.8 Å². The van der Waals surface area contributed by atoms with Crippen molar-refractivity contribution < 1.29 is 9.53 Å². The van der Waals surface area contributed by atoms with Gasteiger partial charge in [-0.15, -0.1) is 0 Å². The number of amides is 1. The summed E-state index contributed by atoms with van der Waals surface area (Å²) in [6.45, 7) is 7.12. The van der Waals surface area contributed by atoms with Gasteiger partial charge >= 0.3 is 0 Å². The lowest BCUT2D eigenvalue weighted by Gasteiger charge is -2.25. The predicted molar refractivity (Wildman–Crippen MR) is 77.4 cm³/mol. The molecule has 0 aromatic carbocycles. The Morgan fingerprint density at radius 1 is 1.45 bits per heavy atom. The van der Waals surface area contributed by atoms with E-state index >= 15 is 0 Å². The van der Waals surface area contributed by atoms with E-state index in [9.17, 15) is 9.59 Å². The van der Waals surface area contributed by atoms with Gasteiger partial charge in [0, 0.05) is 24.3 Å². The van der Waals surface area contributed by atoms with E-state index in [0.717, 1.165) is 36.2 Å². The molecule has 0 bridgehead atoms. The van der Waals surface area contributed by atoms with Gasteiger partial charge in [0.05, 0.1) is 18.8 Å². The fourth-order valence-corrected chi connectivity index (χ4v) is 3.12. The van der Waals surface area contributed by atoms with E-state index in [2.05, 4.69) is 4.57 Å². The number of methoxy groups -OCH3 is 1. The largest absolute Gasteiger partial charge is 0.491 e. The van der Waals surface area contributed by atoms with Gasteiger partial charge in [-0.1, -0.05) is 0 Å². The molecule has 1 aliphatic heterocycles. The van der Waals surface area contributed by atoms with Crippen LogP contribution in [-0.4, -0.2) is 36.1 Å². The molecule has 0 fully saturated rings. The highest BCUT2D eigenvalue weighted by molar-refractivity contribution is 5.47. The molecular formula is C15H22N2O3. The molecule has 1 aromatic rings. The number of carbonyl (C=O) groups excluding carboxylic acids is 1. The normalized spacial score (nSPS) is 16.9. The maximum atomic E-state index is 12.2. The molecule has 20 heavy (non-hydrogen) atoms. The summed E-state index contributed by atoms with van der Waals surface area (Å²) < 4.78 is 7.45. The van der Waals surface area contributed by atoms with Crippen LogP contribution in [0.4, 0.5) is 0 Å². The van der Waals surface area contributed by atoms with Crippen LogP contribution in [0.25, 0.3) is 0 Å². The summed E-state index contributed by atoms with van der Waals surface area (Å²) in [6.07, 6.45) is 2.73. The molecule has 0 N–H and O–H groups in total. The zero-order chi connectivity index (χ0) is 14.9. The summed E-state index contributed by atoms with van der Waals surface area (Å²) in [5.74, 6) is 0.423. The SMILES string of the molecule is CCN(C=O)CC1CCc2c(C)c(=O)c(OC)c(C)n21. The molecule has 0 saturated carbocycles. The topological polar surface area (TPSA) is 51.5 Å². The summed E-state index contributed by atoms with van der Waals surface area (Å²) in [7, 11) is 1.53. The Balaban J connectivity index is 2.48. The van der Waals surface area contributed by atoms with Gasteiger partial charge in [0.25, 0.3) is 0 Å². The molecule has 2 rings (SSSR count). The number of nitrogens with zero attached hydrogens (tertiary/aromatic N) is 2. The van der Waals surface area contributed by atoms with Crippen molar-refractivity contribution in [3.05, 3.63) is 27.2 Å². The number of fused-ring (bicyclic) bond motifs is 1. The molecule has 1 amide bonds. The third kappa shape index (κ3) is 2.21. The van der Waals surface area contributed by atoms with Crippen LogP contribution < -0.4 is 10.2 Å². The Morgan fingerprint density at radius 3 is 2.70 bits per heavy atom. The van der Waals surface area contributed by atoms with E-state index in [1.165, 1.54) is 7.11 Å². The summed E-state index contributed by atoms with van der Waals surface area (Å²) in [5, 5.41) is 0. The van der Waals surface area contributed by atoms with Crippen LogP contribution in [0.1, 0.15) is 36.3 Å². The average Bonchev–Trinajstić information content (AvgIpc) is 2.87. The molecule has 1 aliphatic rings. The summed E-state index contributed by atoms with van der Waals surface area (Å²) in [5.41, 5.74) is 2.70. The average molecular weight is 278 g/mol. The quantitative estimate of drug-likeness (QED) is 0.766. The summed E-state index contributed by atoms with van der Waals surface area (Å²) in [4.78, 5) is 25.0. The van der Waals surface area contributed by atoms with Crippen LogP contribution in [0.2, 0.25) is 0 Å². The minimum atomic E-state index is -0.0142. The Bertz CT molecular complexity index is 577. The maximum Gasteiger partial charge on any atom is 0.226 e. The third-order valence-corrected chi connectivity index (χ3v) is 4.24. The standard InChI is InChI=1S/C15H22N2O3/c1-5-16(9-18)8-12-6-7-13-10(2)14(19)15(20-4)11(3)17(12)13/h9,12H,5-8H2,1-4H3. The van der Waals surface area contributed by atoms with Gasteiger partial charge in [-0.3, -0.25) is 9.59 Å². The molecule has 5 nitrogen and oxygen atoms in total. The highest BCUT2D eigenvalue weighted by atomic mass is 16.5. The molecule has 0 aliphatic carbocycles. The van der Waals surface area contributed by atoms with Gasteiger partial charge in [-0.05, 0) is 33.6 Å². The lowest BCUT2D eigenvalue weighted by Crippen LogP contribution is -2.30. The van der Waals surface area contributed by atoms with E-state index < -0.39 is 0 Å². The van der Waals surface area contributed by atoms with Crippen molar-refractivity contribution in [1.82, 2.24) is 9.47 Å². The van der Waals surface area contributed by atoms with Crippen molar-refractivity contribution in [2.45, 2.75) is 39.7 Å². The van der Waals surface area contributed by atoms with Crippen molar-refractivity contribution in [1.29, 1.82) is 0 Å². The zero-order valence-corrected chi connectivity index (χ0v) is 12.6. The van der Waals surface area contributed by atoms with Gasteiger partial charge in [0.2, 0.25) is 11.8 Å². The first-order valence-electron chi connectivity index (χ1n) is 7.03. The number of hydrogen-bond donors (Lipinski definition) is 0. The van der Waals surface area contributed by atoms with Gasteiger partial charge < -0.3 is 14.2 Å². The number of aromatic nitrogens is 1. The second-order valence-corrected chi connectivity index (χ2v) is 5.27. The molecule has 5 heteroatoms. The second kappa shape index (κ2) is 5.69. The van der Waals surface area contributed by atoms with Gasteiger partial charge in [0.1, 0.15) is 0 Å². The van der Waals surface area contributed by atoms with Crippen molar-refractivity contribution in [2.75, 3.05) is 20.2 Å². The highest BCUT2D eigenvalue weighted by Gasteiger charge is 2.28. The lowest BCUT2D eigenvalue weighted by atomic mass is 10.1. The molecular weight excluding hydrogens is 256 g/mol. The minimum absolute atomic E-state index is 0.0142. The Hall–Kier alpha value is -1.78. The molecule has 110 valence electrons. The number of hydrogen-bond acceptors (Lipinski definition) is 3. The number of ether oxygens (including phenoxy) is 1. The molecule has 1 atom stereocenters. The lowest BCUT2D eigenvalue weighted by molar-refractivity contribution is -0.118. The van der Waals surface area contributed by atoms with Crippen molar-refractivity contribution in [3.8, 4) is 5.75 Å². The fraction of sp³-hybridized carbons (Fsp3) is 0.600. The number of pyridine rings is 1. The number of carbonyl (C=O) groups is 1. The van der Waals surface area contributed by atoms with Gasteiger partial charge in [0.15, 0.2) is 5.75 Å². The Morgan fingerprint density at radius 2 is 2.15 bits per heavy atom. The first kappa shape index (κ1) is 14.6. The predicted octanol–water partition coefficient (Wildman–Crippen LogP) is 1.44. The minimum Gasteiger partial charge on any atom is -0.491 e. The van der Waals surface area contributed by atoms with E-state index in [1.807, 2.05) is 20.8 Å². The highest BCUT2D eigenvalue weighted by Crippen LogP contribution is 2.32. The zero-order valence-electron chi connectivity index (χ0n) is 12.6. The van der Waals surface area contributed by atoms with Crippen molar-refractivity contribution >= 4 is 6.41 Å². The van der Waals surface area contributed by atoms with Crippen LogP contribution in [0.15, 0.2) is 4.79 Å². The van der Waals surface area contributed by atoms with E-state index in [4.69, 9.17) is 4.74 Å².